The molecular formula is C14H8N4O2S. The molecule has 2 N–H and O–H groups in total. The number of carbonyl (C=O) groups is 1. The number of aromatic nitrogens is 2. The number of pyridine rings is 1. The van der Waals surface area contributed by atoms with Crippen LogP contribution in [0, 0.1) is 11.3 Å². The zero-order valence-corrected chi connectivity index (χ0v) is 11.4. The Morgan fingerprint density at radius 1 is 1.29 bits per heavy atom. The molecule has 0 fully saturated rings. The number of fused-ring (bicyclic) bond motifs is 1. The minimum atomic E-state index is -1.15. The molecule has 2 heterocycles. The summed E-state index contributed by atoms with van der Waals surface area (Å²) in [5.41, 5.74) is 2.92. The van der Waals surface area contributed by atoms with Crippen LogP contribution in [0.4, 0.5) is 9.93 Å². The Kier molecular flexibility index (Phi) is 3.22. The molecule has 1 aromatic carbocycles. The highest BCUT2D eigenvalue weighted by atomic mass is 32.1. The van der Waals surface area contributed by atoms with Crippen molar-refractivity contribution in [1.82, 2.24) is 9.97 Å². The van der Waals surface area contributed by atoms with Crippen LogP contribution in [-0.2, 0) is 0 Å². The van der Waals surface area contributed by atoms with Gasteiger partial charge in [0, 0.05) is 11.8 Å². The van der Waals surface area contributed by atoms with Crippen molar-refractivity contribution in [2.45, 2.75) is 0 Å². The molecule has 1 amide bonds. The molecule has 7 heteroatoms. The van der Waals surface area contributed by atoms with Gasteiger partial charge in [-0.2, -0.15) is 10.2 Å². The molecule has 0 bridgehead atoms. The number of carboxylic acid groups (broad SMARTS) is 1. The van der Waals surface area contributed by atoms with E-state index >= 15 is 0 Å². The molecule has 0 unspecified atom stereocenters. The maximum absolute atomic E-state index is 10.6. The summed E-state index contributed by atoms with van der Waals surface area (Å²) in [7, 11) is 0. The Balaban J connectivity index is 1.99. The number of hydrogen-bond donors (Lipinski definition) is 2. The van der Waals surface area contributed by atoms with Crippen LogP contribution >= 0.6 is 11.3 Å². The summed E-state index contributed by atoms with van der Waals surface area (Å²) in [6.07, 6.45) is 0.523. The number of anilines is 1. The molecule has 21 heavy (non-hydrogen) atoms. The van der Waals surface area contributed by atoms with Crippen molar-refractivity contribution in [3.63, 3.8) is 0 Å². The molecule has 0 aliphatic rings. The van der Waals surface area contributed by atoms with Crippen LogP contribution in [0.5, 0.6) is 0 Å². The van der Waals surface area contributed by atoms with E-state index in [4.69, 9.17) is 10.4 Å². The monoisotopic (exact) mass is 296 g/mol. The van der Waals surface area contributed by atoms with E-state index in [-0.39, 0.29) is 0 Å². The Bertz CT molecular complexity index is 865. The Hall–Kier alpha value is -2.98. The third-order valence-corrected chi connectivity index (χ3v) is 3.72. The predicted octanol–water partition coefficient (Wildman–Crippen LogP) is 3.32. The van der Waals surface area contributed by atoms with E-state index in [9.17, 15) is 4.79 Å². The minimum absolute atomic E-state index is 0.293. The average molecular weight is 296 g/mol. The Labute approximate surface area is 123 Å². The lowest BCUT2D eigenvalue weighted by atomic mass is 10.1. The summed E-state index contributed by atoms with van der Waals surface area (Å²) in [5, 5.41) is 20.0. The van der Waals surface area contributed by atoms with Gasteiger partial charge in [-0.25, -0.2) is 9.78 Å². The Morgan fingerprint density at radius 2 is 2.05 bits per heavy atom. The third-order valence-electron chi connectivity index (χ3n) is 2.81. The maximum atomic E-state index is 10.6. The molecule has 0 aliphatic heterocycles. The fraction of sp³-hybridized carbons (Fsp3) is 0. The van der Waals surface area contributed by atoms with Gasteiger partial charge in [0.2, 0.25) is 0 Å². The summed E-state index contributed by atoms with van der Waals surface area (Å²) in [6.45, 7) is 0. The zero-order chi connectivity index (χ0) is 14.8. The number of nitriles is 1. The van der Waals surface area contributed by atoms with E-state index in [1.807, 2.05) is 18.2 Å². The van der Waals surface area contributed by atoms with Crippen LogP contribution in [0.3, 0.4) is 0 Å². The van der Waals surface area contributed by atoms with Crippen molar-refractivity contribution >= 4 is 32.9 Å². The van der Waals surface area contributed by atoms with Gasteiger partial charge >= 0.3 is 6.09 Å². The number of nitrogens with one attached hydrogen (secondary N) is 1. The number of hydrogen-bond acceptors (Lipinski definition) is 5. The molecule has 2 aromatic heterocycles. The van der Waals surface area contributed by atoms with Crippen LogP contribution in [0.1, 0.15) is 5.56 Å². The smallest absolute Gasteiger partial charge is 0.410 e. The van der Waals surface area contributed by atoms with Gasteiger partial charge < -0.3 is 5.11 Å². The molecule has 0 saturated heterocycles. The molecule has 3 rings (SSSR count). The van der Waals surface area contributed by atoms with Crippen LogP contribution in [0.15, 0.2) is 36.5 Å². The summed E-state index contributed by atoms with van der Waals surface area (Å²) in [6, 6.07) is 11.1. The van der Waals surface area contributed by atoms with Crippen molar-refractivity contribution in [1.29, 1.82) is 5.26 Å². The summed E-state index contributed by atoms with van der Waals surface area (Å²) in [4.78, 5) is 18.9. The van der Waals surface area contributed by atoms with Crippen molar-refractivity contribution in [3.05, 3.63) is 42.1 Å². The van der Waals surface area contributed by atoms with E-state index in [0.29, 0.717) is 16.3 Å². The first kappa shape index (κ1) is 13.0. The lowest BCUT2D eigenvalue weighted by molar-refractivity contribution is 0.210. The van der Waals surface area contributed by atoms with Gasteiger partial charge in [-0.15, -0.1) is 0 Å². The molecular weight excluding hydrogens is 288 g/mol. The molecule has 0 atom stereocenters. The van der Waals surface area contributed by atoms with Crippen LogP contribution in [-0.4, -0.2) is 21.2 Å². The number of amides is 1. The number of thiazole rings is 1. The molecule has 0 radical (unpaired) electrons. The van der Waals surface area contributed by atoms with Gasteiger partial charge in [0.1, 0.15) is 0 Å². The lowest BCUT2D eigenvalue weighted by Gasteiger charge is -2.00. The van der Waals surface area contributed by atoms with E-state index in [0.717, 1.165) is 15.8 Å². The molecule has 6 nitrogen and oxygen atoms in total. The average Bonchev–Trinajstić information content (AvgIpc) is 2.87. The zero-order valence-electron chi connectivity index (χ0n) is 10.6. The van der Waals surface area contributed by atoms with Crippen LogP contribution in [0.25, 0.3) is 21.5 Å². The van der Waals surface area contributed by atoms with Crippen molar-refractivity contribution in [2.24, 2.45) is 0 Å². The van der Waals surface area contributed by atoms with E-state index < -0.39 is 6.09 Å². The second-order valence-electron chi connectivity index (χ2n) is 4.18. The summed E-state index contributed by atoms with van der Waals surface area (Å²) in [5.74, 6) is 0. The molecule has 3 aromatic rings. The number of nitrogens with zero attached hydrogens (tertiary/aromatic N) is 3. The molecule has 0 saturated carbocycles. The van der Waals surface area contributed by atoms with Gasteiger partial charge in [-0.3, -0.25) is 5.32 Å². The second kappa shape index (κ2) is 5.19. The number of rotatable bonds is 2. The van der Waals surface area contributed by atoms with Gasteiger partial charge in [-0.1, -0.05) is 23.5 Å². The molecule has 0 aliphatic carbocycles. The van der Waals surface area contributed by atoms with Crippen LogP contribution in [0.2, 0.25) is 0 Å². The van der Waals surface area contributed by atoms with Crippen molar-refractivity contribution in [3.8, 4) is 17.2 Å². The second-order valence-corrected chi connectivity index (χ2v) is 5.21. The van der Waals surface area contributed by atoms with Gasteiger partial charge in [-0.05, 0) is 23.8 Å². The fourth-order valence-corrected chi connectivity index (χ4v) is 2.71. The largest absolute Gasteiger partial charge is 0.465 e. The fourth-order valence-electron chi connectivity index (χ4n) is 1.86. The summed E-state index contributed by atoms with van der Waals surface area (Å²) < 4.78 is 0.792. The third kappa shape index (κ3) is 2.66. The molecule has 0 spiro atoms. The van der Waals surface area contributed by atoms with E-state index in [2.05, 4.69) is 21.4 Å². The first-order valence-electron chi connectivity index (χ1n) is 5.93. The topological polar surface area (TPSA) is 98.9 Å². The van der Waals surface area contributed by atoms with Crippen molar-refractivity contribution in [2.75, 3.05) is 5.32 Å². The van der Waals surface area contributed by atoms with Gasteiger partial charge in [0.25, 0.3) is 0 Å². The Morgan fingerprint density at radius 3 is 2.71 bits per heavy atom. The van der Waals surface area contributed by atoms with E-state index in [1.165, 1.54) is 11.3 Å². The maximum Gasteiger partial charge on any atom is 0.410 e. The van der Waals surface area contributed by atoms with E-state index in [1.54, 1.807) is 18.3 Å². The minimum Gasteiger partial charge on any atom is -0.465 e. The number of benzene rings is 1. The first-order valence-corrected chi connectivity index (χ1v) is 6.74. The predicted molar refractivity (Wildman–Crippen MR) is 79.2 cm³/mol. The SMILES string of the molecule is N#Cc1ccc(-c2cnc3nc(NC(=O)O)sc3c2)cc1. The normalized spacial score (nSPS) is 10.2. The van der Waals surface area contributed by atoms with Gasteiger partial charge in [0.05, 0.1) is 16.3 Å². The quantitative estimate of drug-likeness (QED) is 0.755. The van der Waals surface area contributed by atoms with Crippen LogP contribution < -0.4 is 5.32 Å². The standard InChI is InChI=1S/C14H8N4O2S/c15-6-8-1-3-9(4-2-8)10-5-11-12(16-7-10)17-13(21-11)18-14(19)20/h1-5,7H,(H,19,20)(H,16,17,18). The van der Waals surface area contributed by atoms with Crippen molar-refractivity contribution < 1.29 is 9.90 Å². The lowest BCUT2D eigenvalue weighted by Crippen LogP contribution is -2.06. The molecule has 102 valence electrons. The highest BCUT2D eigenvalue weighted by Crippen LogP contribution is 2.29. The highest BCUT2D eigenvalue weighted by molar-refractivity contribution is 7.22. The highest BCUT2D eigenvalue weighted by Gasteiger charge is 2.09. The van der Waals surface area contributed by atoms with Gasteiger partial charge in [0.15, 0.2) is 10.8 Å². The first-order chi connectivity index (χ1) is 10.2. The summed E-state index contributed by atoms with van der Waals surface area (Å²) >= 11 is 1.22.